The van der Waals surface area contributed by atoms with Crippen molar-refractivity contribution in [3.63, 3.8) is 0 Å². The van der Waals surface area contributed by atoms with Crippen LogP contribution in [0.15, 0.2) is 30.3 Å². The molecule has 0 bridgehead atoms. The summed E-state index contributed by atoms with van der Waals surface area (Å²) in [6, 6.07) is 7.96. The Morgan fingerprint density at radius 2 is 1.46 bits per heavy atom. The van der Waals surface area contributed by atoms with E-state index in [0.29, 0.717) is 0 Å². The first-order valence-electron chi connectivity index (χ1n) is 8.63. The van der Waals surface area contributed by atoms with Gasteiger partial charge in [-0.05, 0) is 12.0 Å². The number of methoxy groups -OCH3 is 3. The first-order chi connectivity index (χ1) is 13.4. The topological polar surface area (TPSA) is 117 Å². The van der Waals surface area contributed by atoms with Crippen LogP contribution in [0.3, 0.4) is 0 Å². The summed E-state index contributed by atoms with van der Waals surface area (Å²) in [5.74, 6) is -5.07. The second-order valence-corrected chi connectivity index (χ2v) is 6.28. The lowest BCUT2D eigenvalue weighted by Gasteiger charge is -2.24. The van der Waals surface area contributed by atoms with Gasteiger partial charge in [-0.1, -0.05) is 30.3 Å². The molecule has 1 N–H and O–H groups in total. The van der Waals surface area contributed by atoms with Crippen LogP contribution in [-0.4, -0.2) is 51.4 Å². The number of rotatable bonds is 6. The van der Waals surface area contributed by atoms with Gasteiger partial charge in [0.25, 0.3) is 0 Å². The summed E-state index contributed by atoms with van der Waals surface area (Å²) in [5, 5.41) is 2.52. The Bertz CT molecular complexity index is 720. The summed E-state index contributed by atoms with van der Waals surface area (Å²) in [4.78, 5) is 48.9. The molecule has 1 aliphatic rings. The molecule has 4 atom stereocenters. The Kier molecular flexibility index (Phi) is 7.36. The fourth-order valence-electron chi connectivity index (χ4n) is 3.39. The minimum Gasteiger partial charge on any atom is -0.469 e. The SMILES string of the molecule is COC(=O)[C@@H]1[C@H](NC(=O)OCc2ccccc2)[C@H](C(=O)OC)C[C@@H]1C(=O)OC. The molecule has 0 spiro atoms. The molecule has 0 saturated heterocycles. The van der Waals surface area contributed by atoms with Crippen LogP contribution in [-0.2, 0) is 39.9 Å². The van der Waals surface area contributed by atoms with Crippen LogP contribution in [0, 0.1) is 17.8 Å². The van der Waals surface area contributed by atoms with Crippen molar-refractivity contribution in [3.05, 3.63) is 35.9 Å². The Morgan fingerprint density at radius 1 is 0.893 bits per heavy atom. The quantitative estimate of drug-likeness (QED) is 0.563. The second-order valence-electron chi connectivity index (χ2n) is 6.28. The third-order valence-electron chi connectivity index (χ3n) is 4.74. The number of esters is 3. The fraction of sp³-hybridized carbons (Fsp3) is 0.474. The average molecular weight is 393 g/mol. The minimum absolute atomic E-state index is 0.00556. The second kappa shape index (κ2) is 9.72. The highest BCUT2D eigenvalue weighted by molar-refractivity contribution is 5.87. The highest BCUT2D eigenvalue weighted by atomic mass is 16.6. The van der Waals surface area contributed by atoms with E-state index < -0.39 is 47.8 Å². The maximum absolute atomic E-state index is 12.3. The molecule has 28 heavy (non-hydrogen) atoms. The Hall–Kier alpha value is -3.10. The molecule has 1 aliphatic carbocycles. The molecular weight excluding hydrogens is 370 g/mol. The number of ether oxygens (including phenoxy) is 4. The van der Waals surface area contributed by atoms with Gasteiger partial charge in [-0.25, -0.2) is 4.79 Å². The summed E-state index contributed by atoms with van der Waals surface area (Å²) in [5.41, 5.74) is 0.769. The smallest absolute Gasteiger partial charge is 0.407 e. The third kappa shape index (κ3) is 4.79. The van der Waals surface area contributed by atoms with Crippen molar-refractivity contribution in [1.82, 2.24) is 5.32 Å². The van der Waals surface area contributed by atoms with E-state index in [0.717, 1.165) is 12.7 Å². The zero-order valence-electron chi connectivity index (χ0n) is 15.9. The molecule has 1 amide bonds. The van der Waals surface area contributed by atoms with Crippen LogP contribution in [0.1, 0.15) is 12.0 Å². The standard InChI is InChI=1S/C19H23NO8/c1-25-16(21)12-9-13(17(22)26-2)15(14(12)18(23)27-3)20-19(24)28-10-11-7-5-4-6-8-11/h4-8,12-15H,9-10H2,1-3H3,(H,20,24)/t12-,13+,14-,15+/m0/s1. The third-order valence-corrected chi connectivity index (χ3v) is 4.74. The van der Waals surface area contributed by atoms with Crippen molar-refractivity contribution in [2.45, 2.75) is 19.1 Å². The molecule has 1 saturated carbocycles. The number of carbonyl (C=O) groups excluding carboxylic acids is 4. The summed E-state index contributed by atoms with van der Waals surface area (Å²) < 4.78 is 19.4. The van der Waals surface area contributed by atoms with Gasteiger partial charge in [0, 0.05) is 0 Å². The van der Waals surface area contributed by atoms with Crippen molar-refractivity contribution in [2.24, 2.45) is 17.8 Å². The fourth-order valence-corrected chi connectivity index (χ4v) is 3.39. The molecule has 2 rings (SSSR count). The molecule has 0 aliphatic heterocycles. The molecule has 0 unspecified atom stereocenters. The van der Waals surface area contributed by atoms with Crippen molar-refractivity contribution < 1.29 is 38.1 Å². The van der Waals surface area contributed by atoms with Gasteiger partial charge in [-0.2, -0.15) is 0 Å². The van der Waals surface area contributed by atoms with Gasteiger partial charge < -0.3 is 24.3 Å². The van der Waals surface area contributed by atoms with Gasteiger partial charge in [-0.15, -0.1) is 0 Å². The van der Waals surface area contributed by atoms with E-state index >= 15 is 0 Å². The van der Waals surface area contributed by atoms with Crippen LogP contribution < -0.4 is 5.32 Å². The molecule has 1 aromatic carbocycles. The van der Waals surface area contributed by atoms with Gasteiger partial charge in [0.2, 0.25) is 0 Å². The molecule has 1 fully saturated rings. The van der Waals surface area contributed by atoms with Crippen LogP contribution >= 0.6 is 0 Å². The van der Waals surface area contributed by atoms with Crippen molar-refractivity contribution >= 4 is 24.0 Å². The van der Waals surface area contributed by atoms with Crippen molar-refractivity contribution in [3.8, 4) is 0 Å². The van der Waals surface area contributed by atoms with Gasteiger partial charge >= 0.3 is 24.0 Å². The zero-order chi connectivity index (χ0) is 20.7. The predicted molar refractivity (Wildman–Crippen MR) is 94.7 cm³/mol. The lowest BCUT2D eigenvalue weighted by Crippen LogP contribution is -2.48. The van der Waals surface area contributed by atoms with Crippen molar-refractivity contribution in [1.29, 1.82) is 0 Å². The first-order valence-corrected chi connectivity index (χ1v) is 8.63. The largest absolute Gasteiger partial charge is 0.469 e. The average Bonchev–Trinajstić information content (AvgIpc) is 3.10. The highest BCUT2D eigenvalue weighted by Crippen LogP contribution is 2.39. The minimum atomic E-state index is -1.11. The molecule has 9 heteroatoms. The maximum atomic E-state index is 12.3. The molecule has 1 aromatic rings. The van der Waals surface area contributed by atoms with Crippen molar-refractivity contribution in [2.75, 3.05) is 21.3 Å². The van der Waals surface area contributed by atoms with E-state index in [9.17, 15) is 19.2 Å². The van der Waals surface area contributed by atoms with E-state index in [-0.39, 0.29) is 13.0 Å². The number of nitrogens with one attached hydrogen (secondary N) is 1. The number of hydrogen-bond acceptors (Lipinski definition) is 8. The lowest BCUT2D eigenvalue weighted by molar-refractivity contribution is -0.156. The predicted octanol–water partition coefficient (Wildman–Crippen LogP) is 1.05. The Morgan fingerprint density at radius 3 is 2.04 bits per heavy atom. The Labute approximate surface area is 162 Å². The van der Waals surface area contributed by atoms with Crippen LogP contribution in [0.5, 0.6) is 0 Å². The summed E-state index contributed by atoms with van der Waals surface area (Å²) >= 11 is 0. The van der Waals surface area contributed by atoms with E-state index in [1.54, 1.807) is 24.3 Å². The molecule has 0 heterocycles. The molecule has 0 aromatic heterocycles. The van der Waals surface area contributed by atoms with Gasteiger partial charge in [0.1, 0.15) is 6.61 Å². The molecule has 9 nitrogen and oxygen atoms in total. The van der Waals surface area contributed by atoms with Gasteiger partial charge in [0.15, 0.2) is 0 Å². The number of amides is 1. The van der Waals surface area contributed by atoms with Crippen LogP contribution in [0.4, 0.5) is 4.79 Å². The number of hydrogen-bond donors (Lipinski definition) is 1. The van der Waals surface area contributed by atoms with E-state index in [1.807, 2.05) is 6.07 Å². The number of alkyl carbamates (subject to hydrolysis) is 1. The van der Waals surface area contributed by atoms with E-state index in [4.69, 9.17) is 18.9 Å². The Balaban J connectivity index is 2.18. The van der Waals surface area contributed by atoms with Crippen LogP contribution in [0.25, 0.3) is 0 Å². The first kappa shape index (κ1) is 21.2. The summed E-state index contributed by atoms with van der Waals surface area (Å²) in [7, 11) is 3.53. The van der Waals surface area contributed by atoms with Crippen LogP contribution in [0.2, 0.25) is 0 Å². The van der Waals surface area contributed by atoms with Gasteiger partial charge in [0.05, 0.1) is 45.1 Å². The zero-order valence-corrected chi connectivity index (χ0v) is 15.9. The monoisotopic (exact) mass is 393 g/mol. The lowest BCUT2D eigenvalue weighted by atomic mass is 9.93. The number of benzene rings is 1. The number of carbonyl (C=O) groups is 4. The normalized spacial score (nSPS) is 23.4. The highest BCUT2D eigenvalue weighted by Gasteiger charge is 2.55. The summed E-state index contributed by atoms with van der Waals surface area (Å²) in [6.45, 7) is 0.00556. The molecule has 152 valence electrons. The van der Waals surface area contributed by atoms with Gasteiger partial charge in [-0.3, -0.25) is 14.4 Å². The molecule has 0 radical (unpaired) electrons. The van der Waals surface area contributed by atoms with E-state index in [1.165, 1.54) is 14.2 Å². The van der Waals surface area contributed by atoms with E-state index in [2.05, 4.69) is 5.32 Å². The molecular formula is C19H23NO8. The maximum Gasteiger partial charge on any atom is 0.407 e. The summed E-state index contributed by atoms with van der Waals surface area (Å²) in [6.07, 6.45) is -0.856.